The maximum Gasteiger partial charge on any atom is 0.322 e. The Labute approximate surface area is 150 Å². The number of carbonyl (C=O) groups is 1. The molecule has 2 amide bonds. The highest BCUT2D eigenvalue weighted by atomic mass is 79.9. The normalized spacial score (nSPS) is 17.0. The van der Waals surface area contributed by atoms with Crippen LogP contribution in [0.3, 0.4) is 0 Å². The van der Waals surface area contributed by atoms with Crippen LogP contribution in [-0.4, -0.2) is 24.6 Å². The first kappa shape index (κ1) is 16.8. The summed E-state index contributed by atoms with van der Waals surface area (Å²) in [6.45, 7) is 2.76. The third-order valence-corrected chi connectivity index (χ3v) is 4.92. The molecule has 0 aliphatic carbocycles. The first-order valence-corrected chi connectivity index (χ1v) is 8.85. The number of methoxy groups -OCH3 is 1. The topological polar surface area (TPSA) is 41.6 Å². The first-order valence-electron chi connectivity index (χ1n) is 8.06. The Kier molecular flexibility index (Phi) is 5.09. The molecule has 1 aliphatic rings. The maximum atomic E-state index is 12.8. The number of aryl methyl sites for hydroxylation is 1. The van der Waals surface area contributed by atoms with Crippen molar-refractivity contribution in [2.24, 2.45) is 0 Å². The summed E-state index contributed by atoms with van der Waals surface area (Å²) in [7, 11) is 1.66. The van der Waals surface area contributed by atoms with E-state index in [4.69, 9.17) is 4.74 Å². The number of nitrogens with one attached hydrogen (secondary N) is 1. The van der Waals surface area contributed by atoms with Crippen LogP contribution in [0.5, 0.6) is 5.75 Å². The SMILES string of the molecule is COc1cccc(C2CCCN2C(=O)Nc2ccc(Br)cc2C)c1. The summed E-state index contributed by atoms with van der Waals surface area (Å²) in [6, 6.07) is 13.9. The lowest BCUT2D eigenvalue weighted by atomic mass is 10.0. The van der Waals surface area contributed by atoms with Gasteiger partial charge in [0.15, 0.2) is 0 Å². The average molecular weight is 389 g/mol. The van der Waals surface area contributed by atoms with Crippen molar-refractivity contribution in [3.8, 4) is 5.75 Å². The standard InChI is InChI=1S/C19H21BrN2O2/c1-13-11-15(20)8-9-17(13)21-19(23)22-10-4-7-18(22)14-5-3-6-16(12-14)24-2/h3,5-6,8-9,11-12,18H,4,7,10H2,1-2H3,(H,21,23). The number of carbonyl (C=O) groups excluding carboxylic acids is 1. The highest BCUT2D eigenvalue weighted by Gasteiger charge is 2.30. The number of anilines is 1. The van der Waals surface area contributed by atoms with Crippen molar-refractivity contribution in [1.82, 2.24) is 4.90 Å². The molecule has 1 fully saturated rings. The van der Waals surface area contributed by atoms with Crippen molar-refractivity contribution in [3.63, 3.8) is 0 Å². The van der Waals surface area contributed by atoms with E-state index in [9.17, 15) is 4.79 Å². The van der Waals surface area contributed by atoms with E-state index in [0.717, 1.165) is 46.4 Å². The van der Waals surface area contributed by atoms with Gasteiger partial charge in [-0.15, -0.1) is 0 Å². The van der Waals surface area contributed by atoms with Crippen LogP contribution in [0.2, 0.25) is 0 Å². The van der Waals surface area contributed by atoms with Crippen LogP contribution in [-0.2, 0) is 0 Å². The zero-order valence-electron chi connectivity index (χ0n) is 13.9. The molecule has 0 bridgehead atoms. The lowest BCUT2D eigenvalue weighted by Gasteiger charge is -2.26. The van der Waals surface area contributed by atoms with Gasteiger partial charge in [-0.25, -0.2) is 4.79 Å². The second-order valence-electron chi connectivity index (χ2n) is 6.02. The number of urea groups is 1. The lowest BCUT2D eigenvalue weighted by Crippen LogP contribution is -2.34. The molecule has 1 N–H and O–H groups in total. The van der Waals surface area contributed by atoms with Crippen molar-refractivity contribution >= 4 is 27.6 Å². The van der Waals surface area contributed by atoms with Gasteiger partial charge in [-0.1, -0.05) is 28.1 Å². The summed E-state index contributed by atoms with van der Waals surface area (Å²) in [6.07, 6.45) is 1.98. The minimum Gasteiger partial charge on any atom is -0.497 e. The van der Waals surface area contributed by atoms with Gasteiger partial charge in [0.05, 0.1) is 13.2 Å². The molecule has 1 atom stereocenters. The molecule has 0 spiro atoms. The maximum absolute atomic E-state index is 12.8. The summed E-state index contributed by atoms with van der Waals surface area (Å²) < 4.78 is 6.32. The van der Waals surface area contributed by atoms with Gasteiger partial charge in [0.2, 0.25) is 0 Å². The summed E-state index contributed by atoms with van der Waals surface area (Å²) in [5, 5.41) is 3.04. The van der Waals surface area contributed by atoms with E-state index >= 15 is 0 Å². The molecule has 0 saturated carbocycles. The van der Waals surface area contributed by atoms with Crippen LogP contribution < -0.4 is 10.1 Å². The van der Waals surface area contributed by atoms with E-state index in [1.165, 1.54) is 0 Å². The Hall–Kier alpha value is -2.01. The molecular formula is C19H21BrN2O2. The molecule has 126 valence electrons. The Balaban J connectivity index is 1.78. The Morgan fingerprint density at radius 2 is 2.12 bits per heavy atom. The molecule has 1 aliphatic heterocycles. The van der Waals surface area contributed by atoms with Gasteiger partial charge < -0.3 is 15.0 Å². The number of rotatable bonds is 3. The molecule has 1 heterocycles. The number of likely N-dealkylation sites (tertiary alicyclic amines) is 1. The molecule has 1 unspecified atom stereocenters. The predicted octanol–water partition coefficient (Wildman–Crippen LogP) is 5.14. The molecule has 4 nitrogen and oxygen atoms in total. The largest absolute Gasteiger partial charge is 0.497 e. The molecule has 2 aromatic rings. The number of nitrogens with zero attached hydrogens (tertiary/aromatic N) is 1. The van der Waals surface area contributed by atoms with Crippen LogP contribution in [0.15, 0.2) is 46.9 Å². The van der Waals surface area contributed by atoms with Gasteiger partial charge in [-0.3, -0.25) is 0 Å². The molecule has 2 aromatic carbocycles. The third-order valence-electron chi connectivity index (χ3n) is 4.42. The van der Waals surface area contributed by atoms with Crippen molar-refractivity contribution in [2.75, 3.05) is 19.0 Å². The summed E-state index contributed by atoms with van der Waals surface area (Å²) in [5.41, 5.74) is 3.00. The summed E-state index contributed by atoms with van der Waals surface area (Å²) in [4.78, 5) is 14.7. The minimum atomic E-state index is -0.0502. The van der Waals surface area contributed by atoms with Crippen LogP contribution in [0.25, 0.3) is 0 Å². The van der Waals surface area contributed by atoms with Gasteiger partial charge in [0.25, 0.3) is 0 Å². The highest BCUT2D eigenvalue weighted by Crippen LogP contribution is 2.34. The minimum absolute atomic E-state index is 0.0502. The molecule has 5 heteroatoms. The van der Waals surface area contributed by atoms with Gasteiger partial charge >= 0.3 is 6.03 Å². The average Bonchev–Trinajstić information content (AvgIpc) is 3.07. The van der Waals surface area contributed by atoms with Crippen molar-refractivity contribution in [2.45, 2.75) is 25.8 Å². The lowest BCUT2D eigenvalue weighted by molar-refractivity contribution is 0.207. The summed E-state index contributed by atoms with van der Waals surface area (Å²) >= 11 is 3.45. The quantitative estimate of drug-likeness (QED) is 0.790. The monoisotopic (exact) mass is 388 g/mol. The van der Waals surface area contributed by atoms with E-state index in [2.05, 4.69) is 27.3 Å². The Morgan fingerprint density at radius 1 is 1.29 bits per heavy atom. The zero-order chi connectivity index (χ0) is 17.1. The van der Waals surface area contributed by atoms with Gasteiger partial charge in [0.1, 0.15) is 5.75 Å². The van der Waals surface area contributed by atoms with E-state index in [-0.39, 0.29) is 12.1 Å². The number of hydrogen-bond acceptors (Lipinski definition) is 2. The predicted molar refractivity (Wildman–Crippen MR) is 99.6 cm³/mol. The fourth-order valence-electron chi connectivity index (χ4n) is 3.16. The van der Waals surface area contributed by atoms with Crippen LogP contribution >= 0.6 is 15.9 Å². The van der Waals surface area contributed by atoms with Gasteiger partial charge in [-0.2, -0.15) is 0 Å². The van der Waals surface area contributed by atoms with Crippen LogP contribution in [0.1, 0.15) is 30.0 Å². The number of benzene rings is 2. The Morgan fingerprint density at radius 3 is 2.88 bits per heavy atom. The van der Waals surface area contributed by atoms with E-state index in [1.54, 1.807) is 7.11 Å². The van der Waals surface area contributed by atoms with E-state index < -0.39 is 0 Å². The first-order chi connectivity index (χ1) is 11.6. The highest BCUT2D eigenvalue weighted by molar-refractivity contribution is 9.10. The molecule has 3 rings (SSSR count). The van der Waals surface area contributed by atoms with Crippen molar-refractivity contribution in [1.29, 1.82) is 0 Å². The van der Waals surface area contributed by atoms with E-state index in [1.807, 2.05) is 48.2 Å². The fraction of sp³-hybridized carbons (Fsp3) is 0.316. The second-order valence-corrected chi connectivity index (χ2v) is 6.93. The molecule has 24 heavy (non-hydrogen) atoms. The summed E-state index contributed by atoms with van der Waals surface area (Å²) in [5.74, 6) is 0.823. The molecule has 0 radical (unpaired) electrons. The van der Waals surface area contributed by atoms with Gasteiger partial charge in [-0.05, 0) is 61.2 Å². The molecule has 0 aromatic heterocycles. The number of hydrogen-bond donors (Lipinski definition) is 1. The molecule has 1 saturated heterocycles. The van der Waals surface area contributed by atoms with Crippen molar-refractivity contribution in [3.05, 3.63) is 58.1 Å². The van der Waals surface area contributed by atoms with E-state index in [0.29, 0.717) is 0 Å². The number of amides is 2. The van der Waals surface area contributed by atoms with Crippen LogP contribution in [0.4, 0.5) is 10.5 Å². The van der Waals surface area contributed by atoms with Gasteiger partial charge in [0, 0.05) is 16.7 Å². The second kappa shape index (κ2) is 7.26. The zero-order valence-corrected chi connectivity index (χ0v) is 15.5. The number of ether oxygens (including phenoxy) is 1. The van der Waals surface area contributed by atoms with Crippen molar-refractivity contribution < 1.29 is 9.53 Å². The third kappa shape index (κ3) is 3.56. The smallest absolute Gasteiger partial charge is 0.322 e. The van der Waals surface area contributed by atoms with Crippen LogP contribution in [0, 0.1) is 6.92 Å². The number of halogens is 1. The fourth-order valence-corrected chi connectivity index (χ4v) is 3.64. The Bertz CT molecular complexity index is 748. The molecular weight excluding hydrogens is 368 g/mol.